The maximum atomic E-state index is 11.8. The molecule has 2 N–H and O–H groups in total. The Hall–Kier alpha value is -3.23. The average Bonchev–Trinajstić information content (AvgIpc) is 2.72. The molecule has 0 heterocycles. The number of hydrogen-bond donors (Lipinski definition) is 2. The first kappa shape index (κ1) is 26.8. The Kier molecular flexibility index (Phi) is 11.7. The molecule has 0 aliphatic heterocycles. The van der Waals surface area contributed by atoms with Gasteiger partial charge in [-0.25, -0.2) is 4.79 Å². The van der Waals surface area contributed by atoms with Crippen LogP contribution in [0.5, 0.6) is 0 Å². The van der Waals surface area contributed by atoms with Gasteiger partial charge in [0.25, 0.3) is 0 Å². The summed E-state index contributed by atoms with van der Waals surface area (Å²) in [6.07, 6.45) is -0.264. The van der Waals surface area contributed by atoms with Crippen molar-refractivity contribution in [3.8, 4) is 0 Å². The number of carbonyl (C=O) groups excluding carboxylic acids is 5. The van der Waals surface area contributed by atoms with E-state index in [9.17, 15) is 24.0 Å². The molecule has 0 saturated heterocycles. The molecule has 0 bridgehead atoms. The third-order valence-corrected chi connectivity index (χ3v) is 4.01. The molecule has 1 aromatic carbocycles. The Morgan fingerprint density at radius 2 is 1.44 bits per heavy atom. The SMILES string of the molecule is CC(C)(C)OC(=O)CCCC(=O)CNC(=O)CCC(=O)CNC(=O)OCc1ccccc1. The van der Waals surface area contributed by atoms with Crippen LogP contribution in [0, 0.1) is 0 Å². The molecule has 0 spiro atoms. The molecule has 0 unspecified atom stereocenters. The molecule has 0 aliphatic carbocycles. The number of Topliss-reactive ketones (excluding diaryl/α,β-unsaturated/α-hetero) is 2. The monoisotopic (exact) mass is 448 g/mol. The quantitative estimate of drug-likeness (QED) is 0.444. The molecule has 0 fully saturated rings. The lowest BCUT2D eigenvalue weighted by atomic mass is 10.1. The van der Waals surface area contributed by atoms with Crippen molar-refractivity contribution in [3.05, 3.63) is 35.9 Å². The van der Waals surface area contributed by atoms with Gasteiger partial charge in [-0.2, -0.15) is 0 Å². The molecule has 2 amide bonds. The second-order valence-corrected chi connectivity index (χ2v) is 8.21. The summed E-state index contributed by atoms with van der Waals surface area (Å²) in [4.78, 5) is 58.6. The normalized spacial score (nSPS) is 10.7. The molecule has 1 aromatic rings. The fourth-order valence-corrected chi connectivity index (χ4v) is 2.48. The minimum atomic E-state index is -0.719. The zero-order chi connectivity index (χ0) is 24.0. The third-order valence-electron chi connectivity index (χ3n) is 4.01. The molecule has 0 atom stereocenters. The smallest absolute Gasteiger partial charge is 0.407 e. The van der Waals surface area contributed by atoms with Crippen molar-refractivity contribution in [2.24, 2.45) is 0 Å². The van der Waals surface area contributed by atoms with Gasteiger partial charge in [-0.1, -0.05) is 30.3 Å². The maximum absolute atomic E-state index is 11.8. The number of alkyl carbamates (subject to hydrolysis) is 1. The Balaban J connectivity index is 2.10. The number of nitrogens with one attached hydrogen (secondary N) is 2. The molecule has 0 radical (unpaired) electrons. The van der Waals surface area contributed by atoms with Crippen LogP contribution in [0.2, 0.25) is 0 Å². The van der Waals surface area contributed by atoms with Crippen LogP contribution < -0.4 is 10.6 Å². The lowest BCUT2D eigenvalue weighted by Crippen LogP contribution is -2.32. The van der Waals surface area contributed by atoms with E-state index in [1.807, 2.05) is 30.3 Å². The summed E-state index contributed by atoms with van der Waals surface area (Å²) in [5, 5.41) is 4.79. The Morgan fingerprint density at radius 1 is 0.812 bits per heavy atom. The molecule has 0 aliphatic rings. The van der Waals surface area contributed by atoms with Crippen molar-refractivity contribution >= 4 is 29.5 Å². The number of rotatable bonds is 13. The average molecular weight is 449 g/mol. The van der Waals surface area contributed by atoms with Crippen molar-refractivity contribution in [2.75, 3.05) is 13.1 Å². The van der Waals surface area contributed by atoms with Crippen LogP contribution in [0.3, 0.4) is 0 Å². The first-order valence-corrected chi connectivity index (χ1v) is 10.5. The highest BCUT2D eigenvalue weighted by Gasteiger charge is 2.16. The predicted octanol–water partition coefficient (Wildman–Crippen LogP) is 2.46. The minimum absolute atomic E-state index is 0.0718. The summed E-state index contributed by atoms with van der Waals surface area (Å²) in [5.74, 6) is -1.35. The van der Waals surface area contributed by atoms with Gasteiger partial charge >= 0.3 is 12.1 Å². The van der Waals surface area contributed by atoms with Crippen LogP contribution in [0.1, 0.15) is 58.4 Å². The zero-order valence-electron chi connectivity index (χ0n) is 18.9. The second kappa shape index (κ2) is 14.0. The van der Waals surface area contributed by atoms with Crippen LogP contribution in [-0.4, -0.2) is 48.2 Å². The molecule has 0 aromatic heterocycles. The van der Waals surface area contributed by atoms with E-state index in [1.54, 1.807) is 20.8 Å². The van der Waals surface area contributed by atoms with Crippen molar-refractivity contribution in [1.82, 2.24) is 10.6 Å². The number of ketones is 2. The van der Waals surface area contributed by atoms with E-state index in [4.69, 9.17) is 9.47 Å². The largest absolute Gasteiger partial charge is 0.460 e. The second-order valence-electron chi connectivity index (χ2n) is 8.21. The molecule has 32 heavy (non-hydrogen) atoms. The van der Waals surface area contributed by atoms with E-state index in [0.717, 1.165) is 5.56 Å². The summed E-state index contributed by atoms with van der Waals surface area (Å²) < 4.78 is 10.1. The number of esters is 1. The molecule has 0 saturated carbocycles. The van der Waals surface area contributed by atoms with E-state index in [1.165, 1.54) is 0 Å². The fraction of sp³-hybridized carbons (Fsp3) is 0.522. The van der Waals surface area contributed by atoms with Gasteiger partial charge in [0, 0.05) is 25.7 Å². The van der Waals surface area contributed by atoms with Crippen LogP contribution in [-0.2, 0) is 35.3 Å². The predicted molar refractivity (Wildman–Crippen MR) is 117 cm³/mol. The third kappa shape index (κ3) is 13.9. The number of benzene rings is 1. The van der Waals surface area contributed by atoms with Crippen molar-refractivity contribution in [2.45, 2.75) is 65.1 Å². The van der Waals surface area contributed by atoms with Crippen LogP contribution in [0.15, 0.2) is 30.3 Å². The van der Waals surface area contributed by atoms with E-state index >= 15 is 0 Å². The van der Waals surface area contributed by atoms with Gasteiger partial charge in [0.15, 0.2) is 11.6 Å². The van der Waals surface area contributed by atoms with E-state index in [0.29, 0.717) is 6.42 Å². The van der Waals surface area contributed by atoms with Gasteiger partial charge in [0.2, 0.25) is 5.91 Å². The summed E-state index contributed by atoms with van der Waals surface area (Å²) in [7, 11) is 0. The van der Waals surface area contributed by atoms with Crippen molar-refractivity contribution < 1.29 is 33.4 Å². The van der Waals surface area contributed by atoms with Crippen LogP contribution >= 0.6 is 0 Å². The Morgan fingerprint density at radius 3 is 2.09 bits per heavy atom. The highest BCUT2D eigenvalue weighted by atomic mass is 16.6. The Labute approximate surface area is 188 Å². The van der Waals surface area contributed by atoms with Crippen molar-refractivity contribution in [1.29, 1.82) is 0 Å². The lowest BCUT2D eigenvalue weighted by Gasteiger charge is -2.19. The van der Waals surface area contributed by atoms with Crippen molar-refractivity contribution in [3.63, 3.8) is 0 Å². The molecule has 176 valence electrons. The molecule has 1 rings (SSSR count). The van der Waals surface area contributed by atoms with Gasteiger partial charge in [-0.15, -0.1) is 0 Å². The van der Waals surface area contributed by atoms with Gasteiger partial charge in [-0.3, -0.25) is 19.2 Å². The summed E-state index contributed by atoms with van der Waals surface area (Å²) in [6.45, 7) is 4.99. The zero-order valence-corrected chi connectivity index (χ0v) is 18.9. The van der Waals surface area contributed by atoms with E-state index in [-0.39, 0.29) is 62.9 Å². The van der Waals surface area contributed by atoms with Gasteiger partial charge < -0.3 is 20.1 Å². The first-order valence-electron chi connectivity index (χ1n) is 10.5. The lowest BCUT2D eigenvalue weighted by molar-refractivity contribution is -0.154. The number of amides is 2. The topological polar surface area (TPSA) is 128 Å². The number of hydrogen-bond acceptors (Lipinski definition) is 7. The minimum Gasteiger partial charge on any atom is -0.460 e. The Bertz CT molecular complexity index is 785. The maximum Gasteiger partial charge on any atom is 0.407 e. The standard InChI is InChI=1S/C23H32N2O7/c1-23(2,3)32-21(29)11-7-10-18(26)14-24-20(28)13-12-19(27)15-25-22(30)31-16-17-8-5-4-6-9-17/h4-6,8-9H,7,10-16H2,1-3H3,(H,24,28)(H,25,30). The summed E-state index contributed by atoms with van der Waals surface area (Å²) in [6, 6.07) is 9.11. The van der Waals surface area contributed by atoms with Crippen LogP contribution in [0.4, 0.5) is 4.79 Å². The van der Waals surface area contributed by atoms with E-state index in [2.05, 4.69) is 10.6 Å². The highest BCUT2D eigenvalue weighted by Crippen LogP contribution is 2.10. The first-order chi connectivity index (χ1) is 15.0. The number of carbonyl (C=O) groups is 5. The fourth-order valence-electron chi connectivity index (χ4n) is 2.48. The van der Waals surface area contributed by atoms with Gasteiger partial charge in [0.05, 0.1) is 13.1 Å². The van der Waals surface area contributed by atoms with E-state index < -0.39 is 17.6 Å². The summed E-state index contributed by atoms with van der Waals surface area (Å²) in [5.41, 5.74) is 0.259. The van der Waals surface area contributed by atoms with Crippen LogP contribution in [0.25, 0.3) is 0 Å². The summed E-state index contributed by atoms with van der Waals surface area (Å²) >= 11 is 0. The van der Waals surface area contributed by atoms with Gasteiger partial charge in [-0.05, 0) is 32.8 Å². The molecule has 9 nitrogen and oxygen atoms in total. The molecule has 9 heteroatoms. The molecular formula is C23H32N2O7. The van der Waals surface area contributed by atoms with Gasteiger partial charge in [0.1, 0.15) is 12.2 Å². The number of ether oxygens (including phenoxy) is 2. The molecular weight excluding hydrogens is 416 g/mol. The highest BCUT2D eigenvalue weighted by molar-refractivity contribution is 5.90.